The highest BCUT2D eigenvalue weighted by Gasteiger charge is 2.20. The SMILES string of the molecule is Nc1ccc(Cl)cc1SCC(C(=O)O)c1ccccc1. The fourth-order valence-electron chi connectivity index (χ4n) is 1.80. The standard InChI is InChI=1S/C15H14ClNO2S/c16-11-6-7-13(17)14(8-11)20-9-12(15(18)19)10-4-2-1-3-5-10/h1-8,12H,9,17H2,(H,18,19). The van der Waals surface area contributed by atoms with Gasteiger partial charge in [-0.3, -0.25) is 4.79 Å². The molecule has 2 aromatic rings. The van der Waals surface area contributed by atoms with Gasteiger partial charge in [0.2, 0.25) is 0 Å². The third-order valence-corrected chi connectivity index (χ3v) is 4.28. The Morgan fingerprint density at radius 3 is 2.60 bits per heavy atom. The van der Waals surface area contributed by atoms with Crippen LogP contribution in [0.25, 0.3) is 0 Å². The Hall–Kier alpha value is -1.65. The number of hydrogen-bond donors (Lipinski definition) is 2. The number of aliphatic carboxylic acids is 1. The van der Waals surface area contributed by atoms with E-state index in [9.17, 15) is 9.90 Å². The zero-order valence-electron chi connectivity index (χ0n) is 10.6. The van der Waals surface area contributed by atoms with Crippen molar-refractivity contribution in [2.75, 3.05) is 11.5 Å². The lowest BCUT2D eigenvalue weighted by Gasteiger charge is -2.13. The van der Waals surface area contributed by atoms with Gasteiger partial charge in [-0.25, -0.2) is 0 Å². The summed E-state index contributed by atoms with van der Waals surface area (Å²) in [5.74, 6) is -1.01. The molecule has 0 aliphatic heterocycles. The molecule has 0 spiro atoms. The average Bonchev–Trinajstić information content (AvgIpc) is 2.43. The maximum atomic E-state index is 11.4. The first-order valence-electron chi connectivity index (χ1n) is 6.03. The summed E-state index contributed by atoms with van der Waals surface area (Å²) < 4.78 is 0. The summed E-state index contributed by atoms with van der Waals surface area (Å²) in [7, 11) is 0. The molecule has 104 valence electrons. The van der Waals surface area contributed by atoms with Crippen LogP contribution in [0.15, 0.2) is 53.4 Å². The number of carboxylic acids is 1. The van der Waals surface area contributed by atoms with Crippen LogP contribution in [0.3, 0.4) is 0 Å². The van der Waals surface area contributed by atoms with Crippen molar-refractivity contribution in [1.29, 1.82) is 0 Å². The molecule has 0 fully saturated rings. The van der Waals surface area contributed by atoms with Crippen LogP contribution < -0.4 is 5.73 Å². The van der Waals surface area contributed by atoms with Gasteiger partial charge >= 0.3 is 5.97 Å². The molecule has 0 amide bonds. The van der Waals surface area contributed by atoms with E-state index in [2.05, 4.69) is 0 Å². The average molecular weight is 308 g/mol. The van der Waals surface area contributed by atoms with Gasteiger partial charge in [-0.05, 0) is 23.8 Å². The Kier molecular flexibility index (Phi) is 4.93. The first-order chi connectivity index (χ1) is 9.58. The first-order valence-corrected chi connectivity index (χ1v) is 7.40. The van der Waals surface area contributed by atoms with E-state index in [0.717, 1.165) is 10.5 Å². The number of halogens is 1. The lowest BCUT2D eigenvalue weighted by atomic mass is 10.0. The van der Waals surface area contributed by atoms with E-state index in [0.29, 0.717) is 16.5 Å². The number of rotatable bonds is 5. The van der Waals surface area contributed by atoms with Crippen LogP contribution in [0.1, 0.15) is 11.5 Å². The van der Waals surface area contributed by atoms with Gasteiger partial charge < -0.3 is 10.8 Å². The number of carboxylic acid groups (broad SMARTS) is 1. The molecule has 0 radical (unpaired) electrons. The Balaban J connectivity index is 2.14. The Labute approximate surface area is 126 Å². The third-order valence-electron chi connectivity index (χ3n) is 2.88. The van der Waals surface area contributed by atoms with E-state index < -0.39 is 11.9 Å². The number of nitrogens with two attached hydrogens (primary N) is 1. The van der Waals surface area contributed by atoms with Gasteiger partial charge in [0.15, 0.2) is 0 Å². The molecule has 2 aromatic carbocycles. The summed E-state index contributed by atoms with van der Waals surface area (Å²) in [4.78, 5) is 12.2. The van der Waals surface area contributed by atoms with E-state index in [4.69, 9.17) is 17.3 Å². The van der Waals surface area contributed by atoms with Crippen LogP contribution in [0.2, 0.25) is 5.02 Å². The number of carbonyl (C=O) groups is 1. The zero-order chi connectivity index (χ0) is 14.5. The van der Waals surface area contributed by atoms with Crippen molar-refractivity contribution in [3.63, 3.8) is 0 Å². The minimum Gasteiger partial charge on any atom is -0.481 e. The topological polar surface area (TPSA) is 63.3 Å². The van der Waals surface area contributed by atoms with Gasteiger partial charge in [-0.1, -0.05) is 41.9 Å². The van der Waals surface area contributed by atoms with Crippen LogP contribution >= 0.6 is 23.4 Å². The second kappa shape index (κ2) is 6.68. The summed E-state index contributed by atoms with van der Waals surface area (Å²) in [5, 5.41) is 9.95. The molecule has 5 heteroatoms. The van der Waals surface area contributed by atoms with Gasteiger partial charge in [-0.15, -0.1) is 11.8 Å². The molecule has 0 aliphatic carbocycles. The molecular weight excluding hydrogens is 294 g/mol. The second-order valence-electron chi connectivity index (χ2n) is 4.29. The van der Waals surface area contributed by atoms with Crippen LogP contribution in [-0.2, 0) is 4.79 Å². The number of anilines is 1. The largest absolute Gasteiger partial charge is 0.481 e. The highest BCUT2D eigenvalue weighted by Crippen LogP contribution is 2.32. The predicted molar refractivity (Wildman–Crippen MR) is 83.4 cm³/mol. The Bertz CT molecular complexity index is 604. The summed E-state index contributed by atoms with van der Waals surface area (Å²) in [6, 6.07) is 14.4. The monoisotopic (exact) mass is 307 g/mol. The van der Waals surface area contributed by atoms with E-state index in [1.165, 1.54) is 11.8 Å². The van der Waals surface area contributed by atoms with Crippen molar-refractivity contribution < 1.29 is 9.90 Å². The molecule has 1 unspecified atom stereocenters. The minimum absolute atomic E-state index is 0.407. The molecular formula is C15H14ClNO2S. The van der Waals surface area contributed by atoms with Crippen LogP contribution in [0.4, 0.5) is 5.69 Å². The van der Waals surface area contributed by atoms with Crippen molar-refractivity contribution in [2.24, 2.45) is 0 Å². The lowest BCUT2D eigenvalue weighted by Crippen LogP contribution is -2.14. The van der Waals surface area contributed by atoms with Gasteiger partial charge in [-0.2, -0.15) is 0 Å². The molecule has 1 atom stereocenters. The molecule has 2 rings (SSSR count). The normalized spacial score (nSPS) is 12.1. The van der Waals surface area contributed by atoms with Gasteiger partial charge in [0, 0.05) is 21.4 Å². The number of hydrogen-bond acceptors (Lipinski definition) is 3. The van der Waals surface area contributed by atoms with Crippen LogP contribution in [-0.4, -0.2) is 16.8 Å². The molecule has 3 nitrogen and oxygen atoms in total. The molecule has 0 saturated heterocycles. The summed E-state index contributed by atoms with van der Waals surface area (Å²) in [6.07, 6.45) is 0. The fourth-order valence-corrected chi connectivity index (χ4v) is 3.16. The second-order valence-corrected chi connectivity index (χ2v) is 5.79. The third kappa shape index (κ3) is 3.68. The quantitative estimate of drug-likeness (QED) is 0.650. The molecule has 0 saturated carbocycles. The Morgan fingerprint density at radius 2 is 1.95 bits per heavy atom. The maximum absolute atomic E-state index is 11.4. The van der Waals surface area contributed by atoms with Crippen molar-refractivity contribution in [3.8, 4) is 0 Å². The van der Waals surface area contributed by atoms with Crippen molar-refractivity contribution in [2.45, 2.75) is 10.8 Å². The van der Waals surface area contributed by atoms with Crippen LogP contribution in [0.5, 0.6) is 0 Å². The summed E-state index contributed by atoms with van der Waals surface area (Å²) >= 11 is 7.33. The summed E-state index contributed by atoms with van der Waals surface area (Å²) in [5.41, 5.74) is 7.26. The van der Waals surface area contributed by atoms with Gasteiger partial charge in [0.1, 0.15) is 0 Å². The zero-order valence-corrected chi connectivity index (χ0v) is 12.2. The molecule has 0 aliphatic rings. The van der Waals surface area contributed by atoms with E-state index >= 15 is 0 Å². The fraction of sp³-hybridized carbons (Fsp3) is 0.133. The van der Waals surface area contributed by atoms with Crippen molar-refractivity contribution in [3.05, 3.63) is 59.1 Å². The lowest BCUT2D eigenvalue weighted by molar-refractivity contribution is -0.138. The van der Waals surface area contributed by atoms with Gasteiger partial charge in [0.25, 0.3) is 0 Å². The molecule has 0 heterocycles. The van der Waals surface area contributed by atoms with E-state index in [1.54, 1.807) is 18.2 Å². The number of benzene rings is 2. The highest BCUT2D eigenvalue weighted by molar-refractivity contribution is 7.99. The predicted octanol–water partition coefficient (Wildman–Crippen LogP) is 3.88. The number of thioether (sulfide) groups is 1. The summed E-state index contributed by atoms with van der Waals surface area (Å²) in [6.45, 7) is 0. The molecule has 0 bridgehead atoms. The maximum Gasteiger partial charge on any atom is 0.311 e. The van der Waals surface area contributed by atoms with Crippen LogP contribution in [0, 0.1) is 0 Å². The van der Waals surface area contributed by atoms with Crippen molar-refractivity contribution >= 4 is 35.0 Å². The highest BCUT2D eigenvalue weighted by atomic mass is 35.5. The first kappa shape index (κ1) is 14.8. The van der Waals surface area contributed by atoms with Gasteiger partial charge in [0.05, 0.1) is 5.92 Å². The number of nitrogen functional groups attached to an aromatic ring is 1. The molecule has 20 heavy (non-hydrogen) atoms. The minimum atomic E-state index is -0.843. The molecule has 3 N–H and O–H groups in total. The van der Waals surface area contributed by atoms with E-state index in [-0.39, 0.29) is 0 Å². The molecule has 0 aromatic heterocycles. The van der Waals surface area contributed by atoms with E-state index in [1.807, 2.05) is 30.3 Å². The van der Waals surface area contributed by atoms with Crippen molar-refractivity contribution in [1.82, 2.24) is 0 Å². The Morgan fingerprint density at radius 1 is 1.25 bits per heavy atom. The smallest absolute Gasteiger partial charge is 0.311 e.